The first-order chi connectivity index (χ1) is 11.1. The minimum Gasteiger partial charge on any atom is -0.459 e. The van der Waals surface area contributed by atoms with Gasteiger partial charge >= 0.3 is 6.03 Å². The second-order valence-corrected chi connectivity index (χ2v) is 6.66. The molecule has 2 amide bonds. The lowest BCUT2D eigenvalue weighted by Crippen LogP contribution is -3.04. The molecule has 0 spiro atoms. The molecule has 0 aliphatic heterocycles. The molecule has 0 atom stereocenters. The highest BCUT2D eigenvalue weighted by Crippen LogP contribution is 2.14. The first-order valence-corrected chi connectivity index (χ1v) is 8.83. The number of carbonyl (C=O) groups excluding carboxylic acids is 1. The quantitative estimate of drug-likeness (QED) is 0.647. The predicted octanol–water partition coefficient (Wildman–Crippen LogP) is 1.98. The molecule has 0 unspecified atom stereocenters. The second-order valence-electron chi connectivity index (χ2n) is 5.55. The molecule has 0 fully saturated rings. The minimum absolute atomic E-state index is 0.175. The summed E-state index contributed by atoms with van der Waals surface area (Å²) in [6, 6.07) is 13.3. The zero-order chi connectivity index (χ0) is 16.5. The van der Waals surface area contributed by atoms with Crippen molar-refractivity contribution < 1.29 is 14.1 Å². The summed E-state index contributed by atoms with van der Waals surface area (Å²) in [4.78, 5) is 13.0. The molecule has 2 rings (SSSR count). The summed E-state index contributed by atoms with van der Waals surface area (Å²) in [5.74, 6) is 3.67. The number of urea groups is 1. The Hall–Kier alpha value is -1.92. The molecule has 0 saturated heterocycles. The molecule has 0 bridgehead atoms. The Bertz CT molecular complexity index is 599. The van der Waals surface area contributed by atoms with Crippen molar-refractivity contribution in [3.05, 3.63) is 54.0 Å². The summed E-state index contributed by atoms with van der Waals surface area (Å²) in [6.45, 7) is 1.52. The van der Waals surface area contributed by atoms with Crippen LogP contribution in [-0.2, 0) is 12.3 Å². The number of furan rings is 1. The topological polar surface area (TPSA) is 58.7 Å². The maximum absolute atomic E-state index is 11.7. The van der Waals surface area contributed by atoms with Crippen LogP contribution in [0.15, 0.2) is 46.9 Å². The van der Waals surface area contributed by atoms with E-state index in [1.807, 2.05) is 42.5 Å². The van der Waals surface area contributed by atoms with Crippen LogP contribution in [0.25, 0.3) is 0 Å². The van der Waals surface area contributed by atoms with Gasteiger partial charge in [-0.1, -0.05) is 18.2 Å². The predicted molar refractivity (Wildman–Crippen MR) is 94.8 cm³/mol. The molecule has 2 aromatic rings. The van der Waals surface area contributed by atoms with E-state index in [-0.39, 0.29) is 6.03 Å². The van der Waals surface area contributed by atoms with Gasteiger partial charge in [0.25, 0.3) is 0 Å². The van der Waals surface area contributed by atoms with Gasteiger partial charge in [-0.3, -0.25) is 0 Å². The smallest absolute Gasteiger partial charge is 0.319 e. The Morgan fingerprint density at radius 3 is 2.61 bits per heavy atom. The van der Waals surface area contributed by atoms with Crippen LogP contribution in [0.4, 0.5) is 10.5 Å². The number of para-hydroxylation sites is 1. The van der Waals surface area contributed by atoms with Crippen molar-refractivity contribution in [1.82, 2.24) is 5.32 Å². The third-order valence-corrected chi connectivity index (χ3v) is 4.03. The molecule has 0 saturated carbocycles. The summed E-state index contributed by atoms with van der Waals surface area (Å²) in [5, 5.41) is 5.64. The van der Waals surface area contributed by atoms with Gasteiger partial charge in [-0.25, -0.2) is 4.79 Å². The summed E-state index contributed by atoms with van der Waals surface area (Å²) >= 11 is 1.74. The molecule has 124 valence electrons. The average molecular weight is 334 g/mol. The molecule has 23 heavy (non-hydrogen) atoms. The number of hydrogen-bond acceptors (Lipinski definition) is 3. The first kappa shape index (κ1) is 17.4. The monoisotopic (exact) mass is 334 g/mol. The van der Waals surface area contributed by atoms with E-state index >= 15 is 0 Å². The molecule has 1 aromatic carbocycles. The Balaban J connectivity index is 1.58. The van der Waals surface area contributed by atoms with E-state index < -0.39 is 0 Å². The highest BCUT2D eigenvalue weighted by Gasteiger charge is 2.05. The van der Waals surface area contributed by atoms with Gasteiger partial charge in [0.15, 0.2) is 5.76 Å². The summed E-state index contributed by atoms with van der Waals surface area (Å²) in [6.07, 6.45) is 0. The fourth-order valence-corrected chi connectivity index (χ4v) is 2.80. The van der Waals surface area contributed by atoms with Crippen molar-refractivity contribution in [3.63, 3.8) is 0 Å². The lowest BCUT2D eigenvalue weighted by Gasteiger charge is -2.07. The van der Waals surface area contributed by atoms with E-state index in [2.05, 4.69) is 24.7 Å². The standard InChI is InChI=1S/C17H23N3O2S/c1-20(2)12-15-8-9-16(22-15)13-23-11-10-18-17(21)19-14-6-4-3-5-7-14/h3-9H,10-13H2,1-2H3,(H2,18,19,21)/p+1. The number of quaternary nitrogens is 1. The fourth-order valence-electron chi connectivity index (χ4n) is 2.05. The van der Waals surface area contributed by atoms with Crippen LogP contribution in [0.1, 0.15) is 11.5 Å². The number of benzene rings is 1. The minimum atomic E-state index is -0.175. The first-order valence-electron chi connectivity index (χ1n) is 7.68. The number of carbonyl (C=O) groups is 1. The SMILES string of the molecule is C[NH+](C)Cc1ccc(CSCCNC(=O)Nc2ccccc2)o1. The Morgan fingerprint density at radius 1 is 1.13 bits per heavy atom. The van der Waals surface area contributed by atoms with E-state index in [1.165, 1.54) is 4.90 Å². The number of amides is 2. The van der Waals surface area contributed by atoms with Gasteiger partial charge in [-0.15, -0.1) is 0 Å². The Kier molecular flexibility index (Phi) is 7.03. The van der Waals surface area contributed by atoms with Gasteiger partial charge < -0.3 is 20.0 Å². The maximum atomic E-state index is 11.7. The van der Waals surface area contributed by atoms with Gasteiger partial charge in [0.1, 0.15) is 12.3 Å². The van der Waals surface area contributed by atoms with Crippen LogP contribution >= 0.6 is 11.8 Å². The molecule has 0 radical (unpaired) electrons. The number of hydrogen-bond donors (Lipinski definition) is 3. The molecule has 1 heterocycles. The van der Waals surface area contributed by atoms with Crippen LogP contribution in [0.2, 0.25) is 0 Å². The number of rotatable bonds is 8. The largest absolute Gasteiger partial charge is 0.459 e. The third-order valence-electron chi connectivity index (χ3n) is 3.05. The van der Waals surface area contributed by atoms with Crippen LogP contribution in [0.5, 0.6) is 0 Å². The molecule has 0 aliphatic rings. The van der Waals surface area contributed by atoms with Crippen molar-refractivity contribution >= 4 is 23.5 Å². The second kappa shape index (κ2) is 9.27. The van der Waals surface area contributed by atoms with Crippen molar-refractivity contribution in [1.29, 1.82) is 0 Å². The number of anilines is 1. The summed E-state index contributed by atoms with van der Waals surface area (Å²) in [7, 11) is 4.20. The fraction of sp³-hybridized carbons (Fsp3) is 0.353. The van der Waals surface area contributed by atoms with E-state index in [4.69, 9.17) is 4.42 Å². The maximum Gasteiger partial charge on any atom is 0.319 e. The Labute approximate surface area is 141 Å². The van der Waals surface area contributed by atoms with Crippen molar-refractivity contribution in [2.75, 3.05) is 31.7 Å². The number of thioether (sulfide) groups is 1. The van der Waals surface area contributed by atoms with E-state index in [0.717, 1.165) is 35.3 Å². The van der Waals surface area contributed by atoms with Crippen LogP contribution in [0.3, 0.4) is 0 Å². The van der Waals surface area contributed by atoms with E-state index in [9.17, 15) is 4.79 Å². The Morgan fingerprint density at radius 2 is 1.87 bits per heavy atom. The molecule has 3 N–H and O–H groups in total. The van der Waals surface area contributed by atoms with Crippen molar-refractivity contribution in [2.45, 2.75) is 12.3 Å². The molecular formula is C17H24N3O2S+. The van der Waals surface area contributed by atoms with Crippen molar-refractivity contribution in [3.8, 4) is 0 Å². The van der Waals surface area contributed by atoms with Gasteiger partial charge in [-0.2, -0.15) is 11.8 Å². The zero-order valence-corrected chi connectivity index (χ0v) is 14.4. The molecule has 1 aromatic heterocycles. The average Bonchev–Trinajstić information content (AvgIpc) is 2.94. The molecule has 0 aliphatic carbocycles. The van der Waals surface area contributed by atoms with Gasteiger partial charge in [0, 0.05) is 18.0 Å². The van der Waals surface area contributed by atoms with Gasteiger partial charge in [-0.05, 0) is 24.3 Å². The molecular weight excluding hydrogens is 310 g/mol. The number of nitrogens with one attached hydrogen (secondary N) is 3. The third kappa shape index (κ3) is 6.80. The lowest BCUT2D eigenvalue weighted by atomic mass is 10.3. The summed E-state index contributed by atoms with van der Waals surface area (Å²) in [5.41, 5.74) is 0.795. The van der Waals surface area contributed by atoms with Gasteiger partial charge in [0.2, 0.25) is 0 Å². The van der Waals surface area contributed by atoms with Crippen LogP contribution < -0.4 is 15.5 Å². The molecule has 5 nitrogen and oxygen atoms in total. The van der Waals surface area contributed by atoms with E-state index in [1.54, 1.807) is 11.8 Å². The van der Waals surface area contributed by atoms with Crippen LogP contribution in [-0.4, -0.2) is 32.4 Å². The zero-order valence-electron chi connectivity index (χ0n) is 13.6. The van der Waals surface area contributed by atoms with Gasteiger partial charge in [0.05, 0.1) is 19.8 Å². The highest BCUT2D eigenvalue weighted by molar-refractivity contribution is 7.98. The highest BCUT2D eigenvalue weighted by atomic mass is 32.2. The lowest BCUT2D eigenvalue weighted by molar-refractivity contribution is -0.873. The summed E-state index contributed by atoms with van der Waals surface area (Å²) < 4.78 is 5.76. The molecule has 6 heteroatoms. The van der Waals surface area contributed by atoms with E-state index in [0.29, 0.717) is 6.54 Å². The normalized spacial score (nSPS) is 10.7. The van der Waals surface area contributed by atoms with Crippen molar-refractivity contribution in [2.24, 2.45) is 0 Å². The van der Waals surface area contributed by atoms with Crippen LogP contribution in [0, 0.1) is 0 Å².